The molecule has 2 heterocycles. The minimum Gasteiger partial charge on any atom is -0.335 e. The van der Waals surface area contributed by atoms with Crippen LogP contribution in [0.2, 0.25) is 0 Å². The van der Waals surface area contributed by atoms with Crippen molar-refractivity contribution in [2.24, 2.45) is 4.99 Å². The third-order valence-electron chi connectivity index (χ3n) is 6.50. The molecular weight excluding hydrogens is 562 g/mol. The van der Waals surface area contributed by atoms with Crippen molar-refractivity contribution in [2.75, 3.05) is 22.9 Å². The SMILES string of the molecule is CCN1/C(=C/c2c(/C=C3\Sc4ccccc4N3CC)c(=Nc3cccc(Br)c3)c2=O)Sc2ccccc21. The molecule has 4 aromatic rings. The van der Waals surface area contributed by atoms with E-state index in [0.29, 0.717) is 10.9 Å². The molecule has 0 unspecified atom stereocenters. The molecule has 6 rings (SSSR count). The van der Waals surface area contributed by atoms with E-state index in [2.05, 4.69) is 94.2 Å². The van der Waals surface area contributed by atoms with Crippen LogP contribution in [0.5, 0.6) is 0 Å². The predicted molar refractivity (Wildman–Crippen MR) is 161 cm³/mol. The average Bonchev–Trinajstić information content (AvgIpc) is 3.46. The van der Waals surface area contributed by atoms with E-state index in [4.69, 9.17) is 4.99 Å². The van der Waals surface area contributed by atoms with Gasteiger partial charge in [-0.25, -0.2) is 4.99 Å². The summed E-state index contributed by atoms with van der Waals surface area (Å²) >= 11 is 6.97. The Balaban J connectivity index is 1.49. The van der Waals surface area contributed by atoms with E-state index in [1.807, 2.05) is 30.3 Å². The molecule has 0 aromatic heterocycles. The fourth-order valence-electron chi connectivity index (χ4n) is 4.73. The van der Waals surface area contributed by atoms with Crippen LogP contribution in [0.4, 0.5) is 17.1 Å². The van der Waals surface area contributed by atoms with Gasteiger partial charge in [-0.3, -0.25) is 4.79 Å². The van der Waals surface area contributed by atoms with Crippen molar-refractivity contribution in [2.45, 2.75) is 23.6 Å². The van der Waals surface area contributed by atoms with Crippen LogP contribution >= 0.6 is 39.5 Å². The Morgan fingerprint density at radius 2 is 1.35 bits per heavy atom. The zero-order valence-electron chi connectivity index (χ0n) is 20.4. The standard InChI is InChI=1S/C30H24BrN3OS2/c1-3-33-23-12-5-7-14-25(23)36-27(33)17-21-22(30(35)29(21)32-20-11-9-10-19(31)16-20)18-28-34(4-2)24-13-6-8-15-26(24)37-28/h5-18H,3-4H2,1-2H3/b27-17-,28-18-,32-29?. The molecule has 0 N–H and O–H groups in total. The molecule has 0 amide bonds. The summed E-state index contributed by atoms with van der Waals surface area (Å²) in [5, 5.41) is 2.69. The van der Waals surface area contributed by atoms with Crippen LogP contribution in [0, 0.1) is 0 Å². The second kappa shape index (κ2) is 10.0. The predicted octanol–water partition coefficient (Wildman–Crippen LogP) is 7.78. The van der Waals surface area contributed by atoms with Crippen LogP contribution in [-0.4, -0.2) is 13.1 Å². The third kappa shape index (κ3) is 4.39. The summed E-state index contributed by atoms with van der Waals surface area (Å²) in [5.74, 6) is 0. The molecule has 7 heteroatoms. The Kier molecular flexibility index (Phi) is 6.61. The van der Waals surface area contributed by atoms with E-state index in [1.165, 1.54) is 21.2 Å². The number of thioether (sulfide) groups is 2. The summed E-state index contributed by atoms with van der Waals surface area (Å²) in [4.78, 5) is 25.3. The quantitative estimate of drug-likeness (QED) is 0.239. The van der Waals surface area contributed by atoms with Gasteiger partial charge in [0.05, 0.1) is 27.1 Å². The first-order chi connectivity index (χ1) is 18.1. The smallest absolute Gasteiger partial charge is 0.212 e. The number of fused-ring (bicyclic) bond motifs is 2. The number of nitrogens with zero attached hydrogens (tertiary/aromatic N) is 3. The van der Waals surface area contributed by atoms with Crippen LogP contribution in [0.1, 0.15) is 25.0 Å². The maximum Gasteiger partial charge on any atom is 0.212 e. The topological polar surface area (TPSA) is 35.9 Å². The van der Waals surface area contributed by atoms with Crippen molar-refractivity contribution in [3.63, 3.8) is 0 Å². The van der Waals surface area contributed by atoms with Gasteiger partial charge in [-0.15, -0.1) is 0 Å². The van der Waals surface area contributed by atoms with Gasteiger partial charge >= 0.3 is 0 Å². The molecule has 4 nitrogen and oxygen atoms in total. The highest BCUT2D eigenvalue weighted by Gasteiger charge is 2.28. The molecule has 2 aliphatic rings. The fourth-order valence-corrected chi connectivity index (χ4v) is 7.46. The Labute approximate surface area is 233 Å². The van der Waals surface area contributed by atoms with Gasteiger partial charge in [0, 0.05) is 38.5 Å². The lowest BCUT2D eigenvalue weighted by Gasteiger charge is -2.20. The van der Waals surface area contributed by atoms with Gasteiger partial charge in [-0.05, 0) is 68.5 Å². The van der Waals surface area contributed by atoms with Crippen molar-refractivity contribution < 1.29 is 0 Å². The molecule has 184 valence electrons. The van der Waals surface area contributed by atoms with Crippen molar-refractivity contribution in [3.8, 4) is 0 Å². The monoisotopic (exact) mass is 585 g/mol. The van der Waals surface area contributed by atoms with E-state index in [1.54, 1.807) is 23.5 Å². The molecule has 0 saturated heterocycles. The van der Waals surface area contributed by atoms with E-state index >= 15 is 0 Å². The summed E-state index contributed by atoms with van der Waals surface area (Å²) in [7, 11) is 0. The van der Waals surface area contributed by atoms with Crippen LogP contribution in [0.25, 0.3) is 12.2 Å². The molecule has 0 radical (unpaired) electrons. The molecule has 0 bridgehead atoms. The first-order valence-electron chi connectivity index (χ1n) is 12.2. The minimum absolute atomic E-state index is 0.0181. The molecule has 0 spiro atoms. The lowest BCUT2D eigenvalue weighted by Crippen LogP contribution is -2.38. The Bertz CT molecular complexity index is 1670. The highest BCUT2D eigenvalue weighted by molar-refractivity contribution is 9.10. The molecule has 0 fully saturated rings. The van der Waals surface area contributed by atoms with Gasteiger partial charge in [0.1, 0.15) is 5.36 Å². The highest BCUT2D eigenvalue weighted by atomic mass is 79.9. The van der Waals surface area contributed by atoms with Crippen LogP contribution in [0.15, 0.2) is 107 Å². The summed E-state index contributed by atoms with van der Waals surface area (Å²) in [6, 6.07) is 24.6. The maximum absolute atomic E-state index is 13.5. The summed E-state index contributed by atoms with van der Waals surface area (Å²) < 4.78 is 0.935. The molecule has 37 heavy (non-hydrogen) atoms. The highest BCUT2D eigenvalue weighted by Crippen LogP contribution is 2.48. The number of halogens is 1. The Morgan fingerprint density at radius 1 is 0.784 bits per heavy atom. The number of para-hydroxylation sites is 2. The second-order valence-electron chi connectivity index (χ2n) is 8.69. The van der Waals surface area contributed by atoms with Crippen LogP contribution in [-0.2, 0) is 0 Å². The van der Waals surface area contributed by atoms with Crippen LogP contribution < -0.4 is 20.6 Å². The number of anilines is 2. The summed E-state index contributed by atoms with van der Waals surface area (Å²) in [5.41, 5.74) is 4.73. The lowest BCUT2D eigenvalue weighted by atomic mass is 9.99. The lowest BCUT2D eigenvalue weighted by molar-refractivity contribution is 1.00. The number of hydrogen-bond donors (Lipinski definition) is 0. The van der Waals surface area contributed by atoms with Gasteiger partial charge in [0.15, 0.2) is 0 Å². The van der Waals surface area contributed by atoms with Gasteiger partial charge in [0.2, 0.25) is 5.43 Å². The molecule has 2 aliphatic heterocycles. The first kappa shape index (κ1) is 24.3. The van der Waals surface area contributed by atoms with E-state index < -0.39 is 0 Å². The number of benzene rings is 3. The Morgan fingerprint density at radius 3 is 1.92 bits per heavy atom. The van der Waals surface area contributed by atoms with E-state index in [-0.39, 0.29) is 5.43 Å². The summed E-state index contributed by atoms with van der Waals surface area (Å²) in [6.07, 6.45) is 4.19. The third-order valence-corrected chi connectivity index (χ3v) is 9.21. The normalized spacial score (nSPS) is 17.3. The van der Waals surface area contributed by atoms with E-state index in [0.717, 1.165) is 38.9 Å². The molecule has 0 saturated carbocycles. The minimum atomic E-state index is -0.0181. The fraction of sp³-hybridized carbons (Fsp3) is 0.133. The number of rotatable bonds is 5. The van der Waals surface area contributed by atoms with Gasteiger partial charge < -0.3 is 9.80 Å². The summed E-state index contributed by atoms with van der Waals surface area (Å²) in [6.45, 7) is 5.98. The van der Waals surface area contributed by atoms with E-state index in [9.17, 15) is 4.79 Å². The molecule has 4 aromatic carbocycles. The zero-order valence-corrected chi connectivity index (χ0v) is 23.7. The molecular formula is C30H24BrN3OS2. The number of hydrogen-bond acceptors (Lipinski definition) is 6. The van der Waals surface area contributed by atoms with Crippen LogP contribution in [0.3, 0.4) is 0 Å². The Hall–Kier alpha value is -3.00. The largest absolute Gasteiger partial charge is 0.335 e. The van der Waals surface area contributed by atoms with Gasteiger partial charge in [0.25, 0.3) is 0 Å². The van der Waals surface area contributed by atoms with Crippen molar-refractivity contribution in [1.29, 1.82) is 0 Å². The van der Waals surface area contributed by atoms with Gasteiger partial charge in [-0.2, -0.15) is 0 Å². The van der Waals surface area contributed by atoms with Crippen molar-refractivity contribution in [3.05, 3.63) is 114 Å². The average molecular weight is 587 g/mol. The van der Waals surface area contributed by atoms with Crippen molar-refractivity contribution in [1.82, 2.24) is 0 Å². The first-order valence-corrected chi connectivity index (χ1v) is 14.7. The van der Waals surface area contributed by atoms with Crippen molar-refractivity contribution >= 4 is 68.7 Å². The second-order valence-corrected chi connectivity index (χ2v) is 11.7. The van der Waals surface area contributed by atoms with Gasteiger partial charge in [-0.1, -0.05) is 69.8 Å². The molecule has 0 atom stereocenters. The molecule has 0 aliphatic carbocycles. The zero-order chi connectivity index (χ0) is 25.5. The maximum atomic E-state index is 13.5.